The lowest BCUT2D eigenvalue weighted by molar-refractivity contribution is 0.120. The topological polar surface area (TPSA) is 77.5 Å². The highest BCUT2D eigenvalue weighted by Gasteiger charge is 2.15. The van der Waals surface area contributed by atoms with Gasteiger partial charge < -0.3 is 24.8 Å². The molecule has 1 aliphatic rings. The molecule has 26 heavy (non-hydrogen) atoms. The number of aryl methyl sites for hydroxylation is 1. The zero-order valence-electron chi connectivity index (χ0n) is 15.5. The fraction of sp³-hybridized carbons (Fsp3) is 0.474. The Kier molecular flexibility index (Phi) is 6.12. The van der Waals surface area contributed by atoms with Crippen LogP contribution in [-0.2, 0) is 11.3 Å². The second-order valence-corrected chi connectivity index (χ2v) is 6.28. The van der Waals surface area contributed by atoms with Gasteiger partial charge in [0.2, 0.25) is 5.95 Å². The van der Waals surface area contributed by atoms with Gasteiger partial charge in [-0.3, -0.25) is 0 Å². The van der Waals surface area contributed by atoms with Gasteiger partial charge in [0, 0.05) is 31.5 Å². The van der Waals surface area contributed by atoms with Crippen LogP contribution in [0.3, 0.4) is 0 Å². The first kappa shape index (κ1) is 18.3. The van der Waals surface area contributed by atoms with Gasteiger partial charge in [-0.2, -0.15) is 4.98 Å². The van der Waals surface area contributed by atoms with Gasteiger partial charge >= 0.3 is 0 Å². The van der Waals surface area contributed by atoms with E-state index < -0.39 is 0 Å². The molecule has 1 saturated heterocycles. The predicted octanol–water partition coefficient (Wildman–Crippen LogP) is 3.01. The van der Waals surface area contributed by atoms with Crippen molar-refractivity contribution in [3.63, 3.8) is 0 Å². The van der Waals surface area contributed by atoms with Gasteiger partial charge in [-0.15, -0.1) is 0 Å². The van der Waals surface area contributed by atoms with E-state index >= 15 is 0 Å². The van der Waals surface area contributed by atoms with Crippen LogP contribution in [0.15, 0.2) is 24.3 Å². The van der Waals surface area contributed by atoms with Gasteiger partial charge in [0.15, 0.2) is 11.5 Å². The van der Waals surface area contributed by atoms with E-state index in [1.165, 1.54) is 0 Å². The van der Waals surface area contributed by atoms with Crippen LogP contribution in [0.5, 0.6) is 11.5 Å². The minimum atomic E-state index is 0.252. The molecule has 0 amide bonds. The molecule has 0 spiro atoms. The summed E-state index contributed by atoms with van der Waals surface area (Å²) in [5, 5.41) is 6.62. The second-order valence-electron chi connectivity index (χ2n) is 6.28. The average Bonchev–Trinajstić information content (AvgIpc) is 3.17. The maximum absolute atomic E-state index is 5.63. The number of rotatable bonds is 8. The summed E-state index contributed by atoms with van der Waals surface area (Å²) in [6, 6.07) is 7.78. The lowest BCUT2D eigenvalue weighted by Crippen LogP contribution is -2.20. The molecule has 2 aromatic rings. The Morgan fingerprint density at radius 2 is 1.96 bits per heavy atom. The molecule has 2 heterocycles. The molecule has 1 aromatic carbocycles. The number of nitrogens with one attached hydrogen (secondary N) is 2. The molecule has 1 atom stereocenters. The SMILES string of the molecule is COc1ccc(CNc2cc(C)nc(NCC3CCCO3)n2)cc1OC. The molecule has 7 heteroatoms. The van der Waals surface area contributed by atoms with Crippen LogP contribution >= 0.6 is 0 Å². The predicted molar refractivity (Wildman–Crippen MR) is 101 cm³/mol. The second kappa shape index (κ2) is 8.71. The van der Waals surface area contributed by atoms with E-state index in [4.69, 9.17) is 14.2 Å². The van der Waals surface area contributed by atoms with Crippen molar-refractivity contribution in [1.29, 1.82) is 0 Å². The van der Waals surface area contributed by atoms with E-state index in [9.17, 15) is 0 Å². The summed E-state index contributed by atoms with van der Waals surface area (Å²) in [7, 11) is 3.26. The first-order valence-electron chi connectivity index (χ1n) is 8.84. The summed E-state index contributed by atoms with van der Waals surface area (Å²) in [5.74, 6) is 2.83. The maximum atomic E-state index is 5.63. The number of anilines is 2. The highest BCUT2D eigenvalue weighted by atomic mass is 16.5. The standard InChI is InChI=1S/C19H26N4O3/c1-13-9-18(23-19(22-13)21-12-15-5-4-8-26-15)20-11-14-6-7-16(24-2)17(10-14)25-3/h6-7,9-10,15H,4-5,8,11-12H2,1-3H3,(H2,20,21,22,23). The van der Waals surface area contributed by atoms with E-state index in [0.717, 1.165) is 48.8 Å². The van der Waals surface area contributed by atoms with E-state index in [1.807, 2.05) is 31.2 Å². The Morgan fingerprint density at radius 1 is 1.12 bits per heavy atom. The molecule has 140 valence electrons. The zero-order chi connectivity index (χ0) is 18.4. The van der Waals surface area contributed by atoms with E-state index in [0.29, 0.717) is 18.2 Å². The van der Waals surface area contributed by atoms with Crippen LogP contribution in [0.25, 0.3) is 0 Å². The smallest absolute Gasteiger partial charge is 0.224 e. The summed E-state index contributed by atoms with van der Waals surface area (Å²) < 4.78 is 16.2. The van der Waals surface area contributed by atoms with Crippen LogP contribution in [0.2, 0.25) is 0 Å². The van der Waals surface area contributed by atoms with Crippen molar-refractivity contribution in [2.75, 3.05) is 38.0 Å². The molecule has 2 N–H and O–H groups in total. The highest BCUT2D eigenvalue weighted by molar-refractivity contribution is 5.46. The van der Waals surface area contributed by atoms with Crippen LogP contribution in [-0.4, -0.2) is 43.4 Å². The quantitative estimate of drug-likeness (QED) is 0.751. The van der Waals surface area contributed by atoms with Crippen LogP contribution < -0.4 is 20.1 Å². The maximum Gasteiger partial charge on any atom is 0.224 e. The molecule has 0 saturated carbocycles. The third kappa shape index (κ3) is 4.76. The van der Waals surface area contributed by atoms with Crippen molar-refractivity contribution in [2.45, 2.75) is 32.4 Å². The minimum absolute atomic E-state index is 0.252. The average molecular weight is 358 g/mol. The van der Waals surface area contributed by atoms with Gasteiger partial charge in [0.05, 0.1) is 20.3 Å². The number of benzene rings is 1. The first-order chi connectivity index (χ1) is 12.7. The van der Waals surface area contributed by atoms with Gasteiger partial charge in [0.25, 0.3) is 0 Å². The molecule has 0 bridgehead atoms. The molecule has 1 fully saturated rings. The lowest BCUT2D eigenvalue weighted by Gasteiger charge is -2.13. The van der Waals surface area contributed by atoms with E-state index in [-0.39, 0.29) is 6.10 Å². The molecule has 7 nitrogen and oxygen atoms in total. The minimum Gasteiger partial charge on any atom is -0.493 e. The van der Waals surface area contributed by atoms with Crippen molar-refractivity contribution in [3.8, 4) is 11.5 Å². The van der Waals surface area contributed by atoms with Crippen LogP contribution in [0.4, 0.5) is 11.8 Å². The van der Waals surface area contributed by atoms with Crippen molar-refractivity contribution in [2.24, 2.45) is 0 Å². The molecule has 3 rings (SSSR count). The first-order valence-corrected chi connectivity index (χ1v) is 8.84. The fourth-order valence-corrected chi connectivity index (χ4v) is 2.93. The third-order valence-electron chi connectivity index (χ3n) is 4.29. The summed E-state index contributed by atoms with van der Waals surface area (Å²) in [5.41, 5.74) is 1.98. The summed E-state index contributed by atoms with van der Waals surface area (Å²) in [6.45, 7) is 4.17. The number of hydrogen-bond donors (Lipinski definition) is 2. The Labute approximate surface area is 154 Å². The van der Waals surface area contributed by atoms with Crippen molar-refractivity contribution < 1.29 is 14.2 Å². The molecule has 1 unspecified atom stereocenters. The summed E-state index contributed by atoms with van der Waals surface area (Å²) >= 11 is 0. The number of methoxy groups -OCH3 is 2. The summed E-state index contributed by atoms with van der Waals surface area (Å²) in [4.78, 5) is 8.99. The molecule has 0 radical (unpaired) electrons. The zero-order valence-corrected chi connectivity index (χ0v) is 15.5. The number of ether oxygens (including phenoxy) is 3. The summed E-state index contributed by atoms with van der Waals surface area (Å²) in [6.07, 6.45) is 2.46. The largest absolute Gasteiger partial charge is 0.493 e. The van der Waals surface area contributed by atoms with Gasteiger partial charge in [-0.05, 0) is 37.5 Å². The van der Waals surface area contributed by atoms with Crippen molar-refractivity contribution in [1.82, 2.24) is 9.97 Å². The highest BCUT2D eigenvalue weighted by Crippen LogP contribution is 2.27. The Balaban J connectivity index is 1.62. The third-order valence-corrected chi connectivity index (χ3v) is 4.29. The van der Waals surface area contributed by atoms with Crippen LogP contribution in [0, 0.1) is 6.92 Å². The van der Waals surface area contributed by atoms with Gasteiger partial charge in [-0.1, -0.05) is 6.07 Å². The number of nitrogens with zero attached hydrogens (tertiary/aromatic N) is 2. The monoisotopic (exact) mass is 358 g/mol. The van der Waals surface area contributed by atoms with E-state index in [1.54, 1.807) is 14.2 Å². The van der Waals surface area contributed by atoms with Gasteiger partial charge in [-0.25, -0.2) is 4.98 Å². The van der Waals surface area contributed by atoms with Gasteiger partial charge in [0.1, 0.15) is 5.82 Å². The normalized spacial score (nSPS) is 16.3. The number of aromatic nitrogens is 2. The fourth-order valence-electron chi connectivity index (χ4n) is 2.93. The molecular formula is C19H26N4O3. The Hall–Kier alpha value is -2.54. The number of hydrogen-bond acceptors (Lipinski definition) is 7. The van der Waals surface area contributed by atoms with E-state index in [2.05, 4.69) is 20.6 Å². The van der Waals surface area contributed by atoms with Crippen molar-refractivity contribution in [3.05, 3.63) is 35.5 Å². The lowest BCUT2D eigenvalue weighted by atomic mass is 10.2. The molecule has 0 aliphatic carbocycles. The Morgan fingerprint density at radius 3 is 2.69 bits per heavy atom. The van der Waals surface area contributed by atoms with Crippen molar-refractivity contribution >= 4 is 11.8 Å². The Bertz CT molecular complexity index is 733. The molecule has 1 aliphatic heterocycles. The molecule has 1 aromatic heterocycles. The van der Waals surface area contributed by atoms with Crippen LogP contribution in [0.1, 0.15) is 24.1 Å². The molecular weight excluding hydrogens is 332 g/mol.